The van der Waals surface area contributed by atoms with E-state index in [1.165, 1.54) is 16.7 Å². The molecule has 1 atom stereocenters. The highest BCUT2D eigenvalue weighted by Gasteiger charge is 2.13. The lowest BCUT2D eigenvalue weighted by molar-refractivity contribution is 0.526. The van der Waals surface area contributed by atoms with E-state index in [4.69, 9.17) is 0 Å². The summed E-state index contributed by atoms with van der Waals surface area (Å²) in [5.41, 5.74) is 3.78. The van der Waals surface area contributed by atoms with Crippen LogP contribution in [0.4, 0.5) is 4.39 Å². The van der Waals surface area contributed by atoms with E-state index < -0.39 is 0 Å². The lowest BCUT2D eigenvalue weighted by Gasteiger charge is -2.20. The molecule has 0 aliphatic heterocycles. The molecule has 0 heterocycles. The summed E-state index contributed by atoms with van der Waals surface area (Å²) in [6.07, 6.45) is 0.964. The lowest BCUT2D eigenvalue weighted by atomic mass is 9.91. The average Bonchev–Trinajstić information content (AvgIpc) is 2.46. The van der Waals surface area contributed by atoms with Gasteiger partial charge in [0.05, 0.1) is 0 Å². The van der Waals surface area contributed by atoms with Crippen LogP contribution in [0.15, 0.2) is 48.5 Å². The predicted molar refractivity (Wildman–Crippen MR) is 87.2 cm³/mol. The Morgan fingerprint density at radius 2 is 1.57 bits per heavy atom. The van der Waals surface area contributed by atoms with Gasteiger partial charge in [0.2, 0.25) is 0 Å². The Hall–Kier alpha value is -1.67. The summed E-state index contributed by atoms with van der Waals surface area (Å²) in [4.78, 5) is 0. The Labute approximate surface area is 127 Å². The van der Waals surface area contributed by atoms with Crippen LogP contribution in [-0.4, -0.2) is 12.6 Å². The van der Waals surface area contributed by atoms with Crippen molar-refractivity contribution in [1.29, 1.82) is 0 Å². The molecule has 0 bridgehead atoms. The molecule has 1 unspecified atom stereocenters. The van der Waals surface area contributed by atoms with E-state index >= 15 is 0 Å². The first-order chi connectivity index (χ1) is 10.0. The van der Waals surface area contributed by atoms with Crippen molar-refractivity contribution in [3.63, 3.8) is 0 Å². The fraction of sp³-hybridized carbons (Fsp3) is 0.368. The van der Waals surface area contributed by atoms with E-state index in [1.54, 1.807) is 12.1 Å². The highest BCUT2D eigenvalue weighted by Crippen LogP contribution is 2.21. The normalized spacial score (nSPS) is 12.6. The number of rotatable bonds is 6. The average molecular weight is 285 g/mol. The molecule has 0 aliphatic rings. The van der Waals surface area contributed by atoms with Crippen molar-refractivity contribution in [2.24, 2.45) is 0 Å². The van der Waals surface area contributed by atoms with Crippen molar-refractivity contribution in [2.45, 2.75) is 39.2 Å². The third-order valence-corrected chi connectivity index (χ3v) is 3.72. The number of benzene rings is 2. The second kappa shape index (κ2) is 7.37. The van der Waals surface area contributed by atoms with Gasteiger partial charge < -0.3 is 5.32 Å². The molecule has 0 fully saturated rings. The fourth-order valence-electron chi connectivity index (χ4n) is 2.43. The topological polar surface area (TPSA) is 12.0 Å². The summed E-state index contributed by atoms with van der Waals surface area (Å²) in [5, 5.41) is 3.50. The van der Waals surface area contributed by atoms with Gasteiger partial charge in [-0.3, -0.25) is 0 Å². The van der Waals surface area contributed by atoms with Crippen LogP contribution in [-0.2, 0) is 6.42 Å². The van der Waals surface area contributed by atoms with Gasteiger partial charge in [0.1, 0.15) is 5.82 Å². The molecule has 112 valence electrons. The minimum atomic E-state index is -0.176. The van der Waals surface area contributed by atoms with Crippen molar-refractivity contribution >= 4 is 0 Å². The number of halogens is 1. The molecule has 0 radical (unpaired) electrons. The summed E-state index contributed by atoms with van der Waals surface area (Å²) >= 11 is 0. The second-order valence-corrected chi connectivity index (χ2v) is 6.00. The van der Waals surface area contributed by atoms with E-state index in [-0.39, 0.29) is 5.82 Å². The molecule has 0 aliphatic carbocycles. The molecule has 0 saturated heterocycles. The molecule has 21 heavy (non-hydrogen) atoms. The first-order valence-electron chi connectivity index (χ1n) is 7.59. The van der Waals surface area contributed by atoms with Crippen molar-refractivity contribution in [3.05, 3.63) is 71.0 Å². The van der Waals surface area contributed by atoms with Crippen molar-refractivity contribution < 1.29 is 4.39 Å². The van der Waals surface area contributed by atoms with Crippen LogP contribution in [0.3, 0.4) is 0 Å². The van der Waals surface area contributed by atoms with Gasteiger partial charge in [-0.25, -0.2) is 4.39 Å². The Bertz CT molecular complexity index is 543. The summed E-state index contributed by atoms with van der Waals surface area (Å²) in [6.45, 7) is 7.29. The third-order valence-electron chi connectivity index (χ3n) is 3.72. The van der Waals surface area contributed by atoms with E-state index in [1.807, 2.05) is 12.1 Å². The lowest BCUT2D eigenvalue weighted by Crippen LogP contribution is -2.29. The summed E-state index contributed by atoms with van der Waals surface area (Å²) in [5.74, 6) is 0.181. The first-order valence-corrected chi connectivity index (χ1v) is 7.59. The molecule has 0 saturated carbocycles. The summed E-state index contributed by atoms with van der Waals surface area (Å²) < 4.78 is 13.1. The van der Waals surface area contributed by atoms with Gasteiger partial charge >= 0.3 is 0 Å². The van der Waals surface area contributed by atoms with Crippen molar-refractivity contribution in [3.8, 4) is 0 Å². The van der Waals surface area contributed by atoms with Crippen LogP contribution < -0.4 is 5.32 Å². The highest BCUT2D eigenvalue weighted by molar-refractivity contribution is 5.27. The maximum atomic E-state index is 13.1. The quantitative estimate of drug-likeness (QED) is 0.826. The highest BCUT2D eigenvalue weighted by atomic mass is 19.1. The molecule has 0 spiro atoms. The fourth-order valence-corrected chi connectivity index (χ4v) is 2.43. The first kappa shape index (κ1) is 15.7. The number of nitrogens with one attached hydrogen (secondary N) is 1. The largest absolute Gasteiger partial charge is 0.314 e. The zero-order valence-corrected chi connectivity index (χ0v) is 13.1. The van der Waals surface area contributed by atoms with Crippen molar-refractivity contribution in [1.82, 2.24) is 5.32 Å². The van der Waals surface area contributed by atoms with Crippen LogP contribution in [0.2, 0.25) is 0 Å². The summed E-state index contributed by atoms with van der Waals surface area (Å²) in [7, 11) is 0. The minimum Gasteiger partial charge on any atom is -0.314 e. The maximum Gasteiger partial charge on any atom is 0.123 e. The van der Waals surface area contributed by atoms with Crippen LogP contribution in [0.25, 0.3) is 0 Å². The van der Waals surface area contributed by atoms with Crippen LogP contribution in [0.1, 0.15) is 36.5 Å². The zero-order valence-electron chi connectivity index (χ0n) is 13.1. The van der Waals surface area contributed by atoms with E-state index in [0.717, 1.165) is 13.0 Å². The smallest absolute Gasteiger partial charge is 0.123 e. The molecular formula is C19H24FN. The Kier molecular flexibility index (Phi) is 5.51. The molecule has 1 nitrogen and oxygen atoms in total. The molecule has 2 rings (SSSR count). The van der Waals surface area contributed by atoms with Crippen LogP contribution in [0, 0.1) is 12.7 Å². The molecule has 1 N–H and O–H groups in total. The molecule has 0 aromatic heterocycles. The Balaban J connectivity index is 2.14. The van der Waals surface area contributed by atoms with Gasteiger partial charge in [0.25, 0.3) is 0 Å². The number of hydrogen-bond acceptors (Lipinski definition) is 1. The Morgan fingerprint density at radius 1 is 0.952 bits per heavy atom. The molecular weight excluding hydrogens is 261 g/mol. The standard InChI is InChI=1S/C19H24FN/c1-14(2)21-13-18(17-8-10-19(20)11-9-17)12-16-6-4-15(3)5-7-16/h4-11,14,18,21H,12-13H2,1-3H3. The Morgan fingerprint density at radius 3 is 2.14 bits per heavy atom. The van der Waals surface area contributed by atoms with Gasteiger partial charge in [0.15, 0.2) is 0 Å². The third kappa shape index (κ3) is 4.98. The van der Waals surface area contributed by atoms with E-state index in [9.17, 15) is 4.39 Å². The SMILES string of the molecule is Cc1ccc(CC(CNC(C)C)c2ccc(F)cc2)cc1. The second-order valence-electron chi connectivity index (χ2n) is 6.00. The monoisotopic (exact) mass is 285 g/mol. The molecule has 0 amide bonds. The van der Waals surface area contributed by atoms with Gasteiger partial charge in [-0.2, -0.15) is 0 Å². The van der Waals surface area contributed by atoms with Gasteiger partial charge in [0, 0.05) is 18.5 Å². The maximum absolute atomic E-state index is 13.1. The van der Waals surface area contributed by atoms with E-state index in [0.29, 0.717) is 12.0 Å². The van der Waals surface area contributed by atoms with E-state index in [2.05, 4.69) is 50.4 Å². The van der Waals surface area contributed by atoms with Crippen LogP contribution in [0.5, 0.6) is 0 Å². The molecule has 2 heteroatoms. The van der Waals surface area contributed by atoms with Crippen molar-refractivity contribution in [2.75, 3.05) is 6.54 Å². The summed E-state index contributed by atoms with van der Waals surface area (Å²) in [6, 6.07) is 16.0. The van der Waals surface area contributed by atoms with Gasteiger partial charge in [-0.15, -0.1) is 0 Å². The van der Waals surface area contributed by atoms with Gasteiger partial charge in [-0.05, 0) is 36.6 Å². The van der Waals surface area contributed by atoms with Gasteiger partial charge in [-0.1, -0.05) is 55.8 Å². The minimum absolute atomic E-state index is 0.176. The predicted octanol–water partition coefficient (Wildman–Crippen LogP) is 4.46. The molecule has 2 aromatic carbocycles. The van der Waals surface area contributed by atoms with Crippen LogP contribution >= 0.6 is 0 Å². The number of aryl methyl sites for hydroxylation is 1. The molecule has 2 aromatic rings. The zero-order chi connectivity index (χ0) is 15.2. The number of hydrogen-bond donors (Lipinski definition) is 1.